The van der Waals surface area contributed by atoms with Crippen molar-refractivity contribution < 1.29 is 79.2 Å². The van der Waals surface area contributed by atoms with Crippen LogP contribution in [0.5, 0.6) is 23.0 Å². The van der Waals surface area contributed by atoms with E-state index >= 15 is 0 Å². The zero-order chi connectivity index (χ0) is 32.6. The maximum atomic E-state index is 11.3. The summed E-state index contributed by atoms with van der Waals surface area (Å²) in [6, 6.07) is 8.35. The van der Waals surface area contributed by atoms with Crippen molar-refractivity contribution in [2.75, 3.05) is 13.2 Å². The third-order valence-electron chi connectivity index (χ3n) is 7.60. The van der Waals surface area contributed by atoms with E-state index in [2.05, 4.69) is 4.74 Å². The molecule has 2 fully saturated rings. The lowest BCUT2D eigenvalue weighted by Crippen LogP contribution is -2.60. The molecule has 11 unspecified atom stereocenters. The second-order valence-electron chi connectivity index (χ2n) is 10.8. The van der Waals surface area contributed by atoms with E-state index in [4.69, 9.17) is 23.7 Å². The minimum absolute atomic E-state index is 0.00126. The molecule has 246 valence electrons. The molecule has 0 amide bonds. The van der Waals surface area contributed by atoms with Crippen LogP contribution >= 0.6 is 0 Å². The Balaban J connectivity index is 1.50. The van der Waals surface area contributed by atoms with Crippen molar-refractivity contribution >= 4 is 12.0 Å². The first-order chi connectivity index (χ1) is 21.4. The molecule has 0 radical (unpaired) electrons. The van der Waals surface area contributed by atoms with Gasteiger partial charge in [-0.3, -0.25) is 4.79 Å². The van der Waals surface area contributed by atoms with E-state index < -0.39 is 86.7 Å². The van der Waals surface area contributed by atoms with E-state index in [-0.39, 0.29) is 34.3 Å². The highest BCUT2D eigenvalue weighted by Gasteiger charge is 2.48. The second-order valence-corrected chi connectivity index (χ2v) is 10.8. The fourth-order valence-corrected chi connectivity index (χ4v) is 5.14. The summed E-state index contributed by atoms with van der Waals surface area (Å²) in [6.45, 7) is -0.0179. The van der Waals surface area contributed by atoms with Crippen LogP contribution in [0.4, 0.5) is 0 Å². The number of benzene rings is 2. The zero-order valence-corrected chi connectivity index (χ0v) is 23.7. The largest absolute Gasteiger partial charge is 0.571 e. The summed E-state index contributed by atoms with van der Waals surface area (Å²) in [7, 11) is 0. The van der Waals surface area contributed by atoms with Crippen molar-refractivity contribution in [3.8, 4) is 23.0 Å². The summed E-state index contributed by atoms with van der Waals surface area (Å²) < 4.78 is 32.5. The first kappa shape index (κ1) is 32.7. The van der Waals surface area contributed by atoms with Crippen LogP contribution < -0.4 is 4.74 Å². The number of aromatic hydroxyl groups is 3. The summed E-state index contributed by atoms with van der Waals surface area (Å²) in [4.78, 5) is 11.3. The lowest BCUT2D eigenvalue weighted by Gasteiger charge is -2.41. The Morgan fingerprint density at radius 1 is 0.800 bits per heavy atom. The van der Waals surface area contributed by atoms with Gasteiger partial charge in [0.1, 0.15) is 78.3 Å². The molecule has 16 nitrogen and oxygen atoms in total. The fourth-order valence-electron chi connectivity index (χ4n) is 5.14. The monoisotopic (exact) mass is 639 g/mol. The Morgan fingerprint density at radius 3 is 2.02 bits per heavy atom. The molecule has 2 saturated heterocycles. The highest BCUT2D eigenvalue weighted by molar-refractivity contribution is 5.70. The molecule has 0 saturated carbocycles. The van der Waals surface area contributed by atoms with Crippen molar-refractivity contribution in [1.29, 1.82) is 0 Å². The van der Waals surface area contributed by atoms with E-state index in [1.54, 1.807) is 12.1 Å². The average molecular weight is 640 g/mol. The molecule has 3 heterocycles. The molecule has 2 aromatic rings. The minimum Gasteiger partial charge on any atom is -0.571 e. The summed E-state index contributed by atoms with van der Waals surface area (Å²) in [5.41, 5.74) is 0.645. The minimum atomic E-state index is -1.79. The lowest BCUT2D eigenvalue weighted by molar-refractivity contribution is -0.295. The smallest absolute Gasteiger partial charge is 0.302 e. The Bertz CT molecular complexity index is 1380. The topological polar surface area (TPSA) is 258 Å². The second kappa shape index (κ2) is 13.3. The Labute approximate surface area is 255 Å². The van der Waals surface area contributed by atoms with Crippen molar-refractivity contribution in [3.05, 3.63) is 53.3 Å². The highest BCUT2D eigenvalue weighted by atomic mass is 16.7. The first-order valence-corrected chi connectivity index (χ1v) is 13.9. The van der Waals surface area contributed by atoms with Gasteiger partial charge in [0.15, 0.2) is 5.76 Å². The molecular formula is C29H35O16+. The molecule has 0 aliphatic carbocycles. The Hall–Kier alpha value is -3.71. The number of carbonyl (C=O) groups excluding carboxylic acids is 1. The van der Waals surface area contributed by atoms with Gasteiger partial charge in [-0.1, -0.05) is 0 Å². The normalized spacial score (nSPS) is 34.6. The maximum Gasteiger partial charge on any atom is 0.302 e. The summed E-state index contributed by atoms with van der Waals surface area (Å²) in [5.74, 6) is -0.993. The molecule has 16 heteroatoms. The number of carbonyl (C=O) groups is 1. The summed E-state index contributed by atoms with van der Waals surface area (Å²) in [5, 5.41) is 92.4. The molecule has 3 aliphatic rings. The number of phenols is 2. The van der Waals surface area contributed by atoms with Gasteiger partial charge in [0, 0.05) is 19.1 Å². The molecule has 0 spiro atoms. The predicted octanol–water partition coefficient (Wildman–Crippen LogP) is -2.00. The number of aliphatic hydroxyl groups excluding tert-OH is 7. The summed E-state index contributed by atoms with van der Waals surface area (Å²) >= 11 is 0. The van der Waals surface area contributed by atoms with Crippen LogP contribution in [-0.4, -0.2) is 131 Å². The van der Waals surface area contributed by atoms with Crippen LogP contribution in [0.15, 0.2) is 42.2 Å². The quantitative estimate of drug-likeness (QED) is 0.112. The van der Waals surface area contributed by atoms with Crippen LogP contribution in [0.2, 0.25) is 0 Å². The molecule has 45 heavy (non-hydrogen) atoms. The van der Waals surface area contributed by atoms with Gasteiger partial charge in [0.05, 0.1) is 18.2 Å². The van der Waals surface area contributed by atoms with Crippen molar-refractivity contribution in [2.45, 2.75) is 74.4 Å². The van der Waals surface area contributed by atoms with Gasteiger partial charge in [0.25, 0.3) is 11.9 Å². The molecule has 3 aliphatic heterocycles. The van der Waals surface area contributed by atoms with E-state index in [1.807, 2.05) is 0 Å². The standard InChI is InChI=1S/C29H34O16/c1-11(31)40-10-20-22(35)24(37)26(39)28(45-20)42-17-7-14(33)6-16-15(17)8-18(27(41-16)12-2-4-13(32)5-3-12)43-29-25(38)23(36)21(34)19(9-30)44-29/h2-8,19-30,32-39H,9-10H2,1H3/p+1. The van der Waals surface area contributed by atoms with Gasteiger partial charge in [0.2, 0.25) is 12.6 Å². The fraction of sp³-hybridized carbons (Fsp3) is 0.483. The number of ether oxygens (including phenoxy) is 6. The van der Waals surface area contributed by atoms with Gasteiger partial charge in [-0.25, -0.2) is 0 Å². The Kier molecular flexibility index (Phi) is 9.68. The van der Waals surface area contributed by atoms with Crippen LogP contribution in [0.1, 0.15) is 24.2 Å². The summed E-state index contributed by atoms with van der Waals surface area (Å²) in [6.07, 6.45) is -15.6. The van der Waals surface area contributed by atoms with E-state index in [1.165, 1.54) is 24.3 Å². The van der Waals surface area contributed by atoms with Crippen molar-refractivity contribution in [1.82, 2.24) is 0 Å². The lowest BCUT2D eigenvalue weighted by atomic mass is 9.98. The van der Waals surface area contributed by atoms with E-state index in [0.717, 1.165) is 13.0 Å². The number of hydrogen-bond acceptors (Lipinski definition) is 15. The highest BCUT2D eigenvalue weighted by Crippen LogP contribution is 2.46. The van der Waals surface area contributed by atoms with Crippen LogP contribution in [-0.2, 0) is 23.7 Å². The van der Waals surface area contributed by atoms with Gasteiger partial charge < -0.3 is 74.4 Å². The number of fused-ring (bicyclic) bond motifs is 1. The predicted molar refractivity (Wildman–Crippen MR) is 147 cm³/mol. The maximum absolute atomic E-state index is 11.3. The third-order valence-corrected chi connectivity index (χ3v) is 7.60. The van der Waals surface area contributed by atoms with E-state index in [0.29, 0.717) is 5.56 Å². The number of phenolic OH excluding ortho intramolecular Hbond substituents is 2. The van der Waals surface area contributed by atoms with Gasteiger partial charge in [-0.15, -0.1) is 0 Å². The molecule has 0 bridgehead atoms. The molecule has 10 N–H and O–H groups in total. The number of hydrogen-bond donors (Lipinski definition) is 9. The molecular weight excluding hydrogens is 604 g/mol. The molecule has 2 aromatic carbocycles. The van der Waals surface area contributed by atoms with Crippen LogP contribution in [0, 0.1) is 0 Å². The van der Waals surface area contributed by atoms with Crippen LogP contribution in [0.25, 0.3) is 6.08 Å². The van der Waals surface area contributed by atoms with Gasteiger partial charge in [-0.2, -0.15) is 0 Å². The number of esters is 1. The molecule has 0 aromatic heterocycles. The third kappa shape index (κ3) is 6.79. The molecule has 11 atom stereocenters. The number of aliphatic hydroxyl groups is 8. The Morgan fingerprint density at radius 2 is 1.40 bits per heavy atom. The zero-order valence-electron chi connectivity index (χ0n) is 23.7. The number of rotatable bonds is 8. The SMILES string of the molecule is CC(=O)OCC1OC(Oc2cc(O)cc3c2C=C(OC2OC(CO)C(O)C(O)C2O)C(c2ccc(O)cc2)[OH+]3)C(O)C(O)C1O. The van der Waals surface area contributed by atoms with Crippen molar-refractivity contribution in [3.63, 3.8) is 0 Å². The molecule has 5 rings (SSSR count). The average Bonchev–Trinajstić information content (AvgIpc) is 3.01. The van der Waals surface area contributed by atoms with Gasteiger partial charge >= 0.3 is 5.97 Å². The van der Waals surface area contributed by atoms with Gasteiger partial charge in [-0.05, 0) is 24.3 Å². The first-order valence-electron chi connectivity index (χ1n) is 13.9. The van der Waals surface area contributed by atoms with Crippen molar-refractivity contribution in [2.24, 2.45) is 0 Å². The van der Waals surface area contributed by atoms with E-state index in [9.17, 15) is 50.8 Å². The van der Waals surface area contributed by atoms with Crippen LogP contribution in [0.3, 0.4) is 0 Å².